The van der Waals surface area contributed by atoms with Crippen LogP contribution >= 0.6 is 15.9 Å². The van der Waals surface area contributed by atoms with Gasteiger partial charge in [-0.25, -0.2) is 9.18 Å². The van der Waals surface area contributed by atoms with Crippen LogP contribution in [0.25, 0.3) is 0 Å². The van der Waals surface area contributed by atoms with Crippen LogP contribution < -0.4 is 5.32 Å². The lowest BCUT2D eigenvalue weighted by Crippen LogP contribution is -2.21. The number of aryl methyl sites for hydroxylation is 1. The molecule has 0 aromatic heterocycles. The van der Waals surface area contributed by atoms with Crippen LogP contribution in [0.2, 0.25) is 0 Å². The Morgan fingerprint density at radius 2 is 2.00 bits per heavy atom. The Morgan fingerprint density at radius 3 is 2.60 bits per heavy atom. The number of carboxylic acids is 1. The summed E-state index contributed by atoms with van der Waals surface area (Å²) in [6.07, 6.45) is 0. The Hall–Kier alpha value is -1.88. The number of para-hydroxylation sites is 1. The van der Waals surface area contributed by atoms with Gasteiger partial charge in [0.2, 0.25) is 0 Å². The number of hydrogen-bond acceptors (Lipinski definition) is 2. The van der Waals surface area contributed by atoms with Crippen molar-refractivity contribution in [1.29, 1.82) is 0 Å². The molecule has 2 aromatic carbocycles. The van der Waals surface area contributed by atoms with Gasteiger partial charge in [0.25, 0.3) is 0 Å². The second kappa shape index (κ2) is 6.05. The molecule has 1 unspecified atom stereocenters. The molecule has 0 amide bonds. The zero-order valence-corrected chi connectivity index (χ0v) is 12.3. The van der Waals surface area contributed by atoms with Crippen LogP contribution in [-0.2, 0) is 4.79 Å². The Morgan fingerprint density at radius 1 is 1.30 bits per heavy atom. The van der Waals surface area contributed by atoms with Crippen LogP contribution in [0.3, 0.4) is 0 Å². The number of rotatable bonds is 4. The van der Waals surface area contributed by atoms with E-state index in [1.807, 2.05) is 31.2 Å². The van der Waals surface area contributed by atoms with E-state index in [4.69, 9.17) is 0 Å². The quantitative estimate of drug-likeness (QED) is 0.881. The molecule has 0 aliphatic heterocycles. The third-order valence-electron chi connectivity index (χ3n) is 2.97. The highest BCUT2D eigenvalue weighted by Gasteiger charge is 2.21. The number of nitrogens with one attached hydrogen (secondary N) is 1. The van der Waals surface area contributed by atoms with Crippen LogP contribution in [0.4, 0.5) is 10.1 Å². The van der Waals surface area contributed by atoms with E-state index in [9.17, 15) is 14.3 Å². The van der Waals surface area contributed by atoms with E-state index in [2.05, 4.69) is 21.2 Å². The van der Waals surface area contributed by atoms with Crippen LogP contribution in [0.5, 0.6) is 0 Å². The Balaban J connectivity index is 2.34. The van der Waals surface area contributed by atoms with Crippen molar-refractivity contribution in [1.82, 2.24) is 0 Å². The van der Waals surface area contributed by atoms with Crippen molar-refractivity contribution in [2.24, 2.45) is 0 Å². The maximum Gasteiger partial charge on any atom is 0.330 e. The zero-order chi connectivity index (χ0) is 14.7. The first-order valence-electron chi connectivity index (χ1n) is 5.99. The van der Waals surface area contributed by atoms with Gasteiger partial charge in [-0.05, 0) is 52.2 Å². The number of carboxylic acid groups (broad SMARTS) is 1. The van der Waals surface area contributed by atoms with Gasteiger partial charge in [0.15, 0.2) is 6.04 Å². The topological polar surface area (TPSA) is 49.3 Å². The summed E-state index contributed by atoms with van der Waals surface area (Å²) in [5.41, 5.74) is 2.16. The number of carbonyl (C=O) groups is 1. The molecule has 20 heavy (non-hydrogen) atoms. The molecule has 0 spiro atoms. The fourth-order valence-electron chi connectivity index (χ4n) is 1.87. The molecular weight excluding hydrogens is 325 g/mol. The zero-order valence-electron chi connectivity index (χ0n) is 10.7. The van der Waals surface area contributed by atoms with Crippen molar-refractivity contribution in [3.8, 4) is 0 Å². The fourth-order valence-corrected chi connectivity index (χ4v) is 2.27. The molecule has 0 saturated heterocycles. The van der Waals surface area contributed by atoms with Crippen molar-refractivity contribution in [3.63, 3.8) is 0 Å². The predicted octanol–water partition coefficient (Wildman–Crippen LogP) is 4.13. The lowest BCUT2D eigenvalue weighted by atomic mass is 10.1. The third-order valence-corrected chi connectivity index (χ3v) is 3.58. The van der Waals surface area contributed by atoms with Gasteiger partial charge in [0.05, 0.1) is 4.47 Å². The summed E-state index contributed by atoms with van der Waals surface area (Å²) in [6.45, 7) is 1.89. The van der Waals surface area contributed by atoms with Gasteiger partial charge in [-0.1, -0.05) is 24.3 Å². The lowest BCUT2D eigenvalue weighted by molar-refractivity contribution is -0.138. The largest absolute Gasteiger partial charge is 0.479 e. The minimum atomic E-state index is -1.02. The first-order valence-corrected chi connectivity index (χ1v) is 6.78. The molecule has 0 aliphatic rings. The highest BCUT2D eigenvalue weighted by molar-refractivity contribution is 9.10. The minimum Gasteiger partial charge on any atom is -0.479 e. The van der Waals surface area contributed by atoms with E-state index in [0.29, 0.717) is 5.56 Å². The molecule has 2 rings (SSSR count). The van der Waals surface area contributed by atoms with E-state index in [-0.39, 0.29) is 4.47 Å². The van der Waals surface area contributed by atoms with Crippen molar-refractivity contribution in [3.05, 3.63) is 63.9 Å². The second-order valence-corrected chi connectivity index (χ2v) is 5.26. The van der Waals surface area contributed by atoms with Crippen molar-refractivity contribution >= 4 is 27.6 Å². The smallest absolute Gasteiger partial charge is 0.330 e. The van der Waals surface area contributed by atoms with Gasteiger partial charge >= 0.3 is 5.97 Å². The van der Waals surface area contributed by atoms with Crippen LogP contribution in [0.1, 0.15) is 17.2 Å². The van der Waals surface area contributed by atoms with Gasteiger partial charge in [-0.15, -0.1) is 0 Å². The second-order valence-electron chi connectivity index (χ2n) is 4.40. The molecular formula is C15H13BrFNO2. The first kappa shape index (κ1) is 14.5. The highest BCUT2D eigenvalue weighted by Crippen LogP contribution is 2.26. The normalized spacial score (nSPS) is 11.9. The van der Waals surface area contributed by atoms with Crippen LogP contribution in [0, 0.1) is 12.7 Å². The summed E-state index contributed by atoms with van der Waals surface area (Å²) in [6, 6.07) is 10.6. The summed E-state index contributed by atoms with van der Waals surface area (Å²) in [5.74, 6) is -1.44. The number of anilines is 1. The van der Waals surface area contributed by atoms with Crippen LogP contribution in [-0.4, -0.2) is 11.1 Å². The first-order chi connectivity index (χ1) is 9.49. The molecule has 3 nitrogen and oxygen atoms in total. The van der Waals surface area contributed by atoms with Gasteiger partial charge in [0.1, 0.15) is 5.82 Å². The third kappa shape index (κ3) is 3.17. The number of benzene rings is 2. The van der Waals surface area contributed by atoms with E-state index in [0.717, 1.165) is 11.3 Å². The average Bonchev–Trinajstić information content (AvgIpc) is 2.41. The molecule has 0 aliphatic carbocycles. The Bertz CT molecular complexity index is 646. The Kier molecular flexibility index (Phi) is 4.39. The van der Waals surface area contributed by atoms with Gasteiger partial charge < -0.3 is 10.4 Å². The van der Waals surface area contributed by atoms with E-state index in [1.165, 1.54) is 18.2 Å². The fraction of sp³-hybridized carbons (Fsp3) is 0.133. The molecule has 2 N–H and O–H groups in total. The summed E-state index contributed by atoms with van der Waals surface area (Å²) in [4.78, 5) is 11.4. The molecule has 1 atom stereocenters. The molecule has 0 radical (unpaired) electrons. The molecule has 0 bridgehead atoms. The monoisotopic (exact) mass is 337 g/mol. The highest BCUT2D eigenvalue weighted by atomic mass is 79.9. The molecule has 5 heteroatoms. The molecule has 0 fully saturated rings. The molecule has 0 saturated carbocycles. The molecule has 2 aromatic rings. The van der Waals surface area contributed by atoms with Crippen molar-refractivity contribution in [2.45, 2.75) is 13.0 Å². The summed E-state index contributed by atoms with van der Waals surface area (Å²) < 4.78 is 13.5. The van der Waals surface area contributed by atoms with Crippen LogP contribution in [0.15, 0.2) is 46.9 Å². The van der Waals surface area contributed by atoms with E-state index in [1.54, 1.807) is 0 Å². The average molecular weight is 338 g/mol. The van der Waals surface area contributed by atoms with Crippen molar-refractivity contribution < 1.29 is 14.3 Å². The molecule has 0 heterocycles. The number of halogens is 2. The SMILES string of the molecule is Cc1ccccc1NC(C(=O)O)c1ccc(F)c(Br)c1. The maximum atomic E-state index is 13.2. The Labute approximate surface area is 124 Å². The predicted molar refractivity (Wildman–Crippen MR) is 79.3 cm³/mol. The summed E-state index contributed by atoms with van der Waals surface area (Å²) >= 11 is 3.07. The number of aliphatic carboxylic acids is 1. The van der Waals surface area contributed by atoms with Gasteiger partial charge in [0, 0.05) is 5.69 Å². The maximum absolute atomic E-state index is 13.2. The number of hydrogen-bond donors (Lipinski definition) is 2. The van der Waals surface area contributed by atoms with Gasteiger partial charge in [-0.3, -0.25) is 0 Å². The summed E-state index contributed by atoms with van der Waals surface area (Å²) in [5, 5.41) is 12.3. The lowest BCUT2D eigenvalue weighted by Gasteiger charge is -2.18. The minimum absolute atomic E-state index is 0.243. The van der Waals surface area contributed by atoms with E-state index >= 15 is 0 Å². The standard InChI is InChI=1S/C15H13BrFNO2/c1-9-4-2-3-5-13(9)18-14(15(19)20)10-6-7-12(17)11(16)8-10/h2-8,14,18H,1H3,(H,19,20). The van der Waals surface area contributed by atoms with Gasteiger partial charge in [-0.2, -0.15) is 0 Å². The van der Waals surface area contributed by atoms with E-state index < -0.39 is 17.8 Å². The summed E-state index contributed by atoms with van der Waals surface area (Å²) in [7, 11) is 0. The van der Waals surface area contributed by atoms with Crippen molar-refractivity contribution in [2.75, 3.05) is 5.32 Å². The molecule has 104 valence electrons.